The number of carbonyl (C=O) groups excluding carboxylic acids is 1. The van der Waals surface area contributed by atoms with E-state index in [0.717, 1.165) is 0 Å². The predicted molar refractivity (Wildman–Crippen MR) is 30.1 cm³/mol. The zero-order valence-electron chi connectivity index (χ0n) is 5.81. The SMILES string of the molecule is O=[C]OC1OC(F)=C(F)C(F)=C1F. The first-order valence-corrected chi connectivity index (χ1v) is 2.88. The zero-order valence-corrected chi connectivity index (χ0v) is 5.81. The Hall–Kier alpha value is -1.53. The van der Waals surface area contributed by atoms with Gasteiger partial charge < -0.3 is 9.47 Å². The molecule has 0 amide bonds. The maximum atomic E-state index is 12.5. The summed E-state index contributed by atoms with van der Waals surface area (Å²) in [5.41, 5.74) is 0. The highest BCUT2D eigenvalue weighted by molar-refractivity contribution is 5.40. The molecule has 0 N–H and O–H groups in total. The van der Waals surface area contributed by atoms with E-state index in [-0.39, 0.29) is 0 Å². The Labute approximate surface area is 69.2 Å². The molecule has 7 heteroatoms. The Balaban J connectivity index is 2.96. The Bertz CT molecular complexity index is 296. The van der Waals surface area contributed by atoms with E-state index in [2.05, 4.69) is 9.47 Å². The average Bonchev–Trinajstić information content (AvgIpc) is 2.11. The zero-order chi connectivity index (χ0) is 10.0. The highest BCUT2D eigenvalue weighted by Gasteiger charge is 2.34. The van der Waals surface area contributed by atoms with Crippen LogP contribution in [0.1, 0.15) is 0 Å². The monoisotopic (exact) mass is 197 g/mol. The minimum Gasteiger partial charge on any atom is -0.421 e. The number of hydrogen-bond donors (Lipinski definition) is 0. The predicted octanol–water partition coefficient (Wildman–Crippen LogP) is 1.69. The minimum absolute atomic E-state index is 0.696. The summed E-state index contributed by atoms with van der Waals surface area (Å²) in [7, 11) is 0. The fourth-order valence-corrected chi connectivity index (χ4v) is 0.612. The fraction of sp³-hybridized carbons (Fsp3) is 0.167. The second-order valence-corrected chi connectivity index (χ2v) is 1.90. The van der Waals surface area contributed by atoms with Crippen molar-refractivity contribution in [2.75, 3.05) is 0 Å². The van der Waals surface area contributed by atoms with Crippen LogP contribution in [0.3, 0.4) is 0 Å². The molecule has 0 aromatic rings. The lowest BCUT2D eigenvalue weighted by molar-refractivity contribution is -0.0736. The number of hydrogen-bond acceptors (Lipinski definition) is 3. The lowest BCUT2D eigenvalue weighted by atomic mass is 10.3. The lowest BCUT2D eigenvalue weighted by Crippen LogP contribution is -2.21. The van der Waals surface area contributed by atoms with Crippen molar-refractivity contribution < 1.29 is 31.8 Å². The van der Waals surface area contributed by atoms with Crippen LogP contribution in [-0.4, -0.2) is 12.8 Å². The molecule has 0 saturated heterocycles. The Morgan fingerprint density at radius 3 is 2.38 bits per heavy atom. The molecular weight excluding hydrogens is 196 g/mol. The van der Waals surface area contributed by atoms with Gasteiger partial charge in [-0.2, -0.15) is 8.78 Å². The number of halogens is 4. The summed E-state index contributed by atoms with van der Waals surface area (Å²) in [6.07, 6.45) is -2.25. The molecule has 0 aliphatic carbocycles. The lowest BCUT2D eigenvalue weighted by Gasteiger charge is -2.17. The molecule has 0 bridgehead atoms. The number of allylic oxidation sites excluding steroid dienone is 2. The van der Waals surface area contributed by atoms with E-state index in [0.29, 0.717) is 6.47 Å². The van der Waals surface area contributed by atoms with E-state index in [1.165, 1.54) is 0 Å². The van der Waals surface area contributed by atoms with Crippen LogP contribution in [0.5, 0.6) is 0 Å². The smallest absolute Gasteiger partial charge is 0.421 e. The third kappa shape index (κ3) is 1.63. The summed E-state index contributed by atoms with van der Waals surface area (Å²) in [5, 5.41) is 0. The maximum Gasteiger partial charge on any atom is 0.421 e. The van der Waals surface area contributed by atoms with Crippen molar-refractivity contribution in [3.05, 3.63) is 23.5 Å². The van der Waals surface area contributed by atoms with Crippen LogP contribution in [0.25, 0.3) is 0 Å². The van der Waals surface area contributed by atoms with Gasteiger partial charge >= 0.3 is 18.8 Å². The van der Waals surface area contributed by atoms with Crippen LogP contribution in [0.15, 0.2) is 23.5 Å². The number of rotatable bonds is 2. The summed E-state index contributed by atoms with van der Waals surface area (Å²) in [5.74, 6) is -6.06. The third-order valence-corrected chi connectivity index (χ3v) is 1.15. The first-order chi connectivity index (χ1) is 6.07. The van der Waals surface area contributed by atoms with E-state index in [1.807, 2.05) is 0 Å². The van der Waals surface area contributed by atoms with Crippen molar-refractivity contribution >= 4 is 6.47 Å². The van der Waals surface area contributed by atoms with E-state index in [4.69, 9.17) is 0 Å². The normalized spacial score (nSPS) is 22.9. The number of ether oxygens (including phenoxy) is 2. The average molecular weight is 197 g/mol. The second kappa shape index (κ2) is 3.46. The standard InChI is InChI=1S/C6HF4O3/c7-2-3(8)5(10)13-6(4(2)9)12-1-11/h6H. The van der Waals surface area contributed by atoms with Crippen LogP contribution < -0.4 is 0 Å². The van der Waals surface area contributed by atoms with Gasteiger partial charge in [0, 0.05) is 0 Å². The van der Waals surface area contributed by atoms with E-state index in [1.54, 1.807) is 0 Å². The van der Waals surface area contributed by atoms with E-state index < -0.39 is 29.8 Å². The molecule has 1 heterocycles. The molecule has 0 aromatic carbocycles. The summed E-state index contributed by atoms with van der Waals surface area (Å²) in [6, 6.07) is -1.99. The molecule has 0 spiro atoms. The minimum atomic E-state index is -2.25. The van der Waals surface area contributed by atoms with Gasteiger partial charge in [-0.3, -0.25) is 0 Å². The molecule has 1 rings (SSSR count). The highest BCUT2D eigenvalue weighted by atomic mass is 19.2. The van der Waals surface area contributed by atoms with E-state index >= 15 is 0 Å². The molecular formula is C6HF4O3. The quantitative estimate of drug-likeness (QED) is 0.631. The molecule has 13 heavy (non-hydrogen) atoms. The van der Waals surface area contributed by atoms with Crippen molar-refractivity contribution in [3.63, 3.8) is 0 Å². The first kappa shape index (κ1) is 9.56. The van der Waals surface area contributed by atoms with Crippen molar-refractivity contribution in [3.8, 4) is 0 Å². The van der Waals surface area contributed by atoms with Gasteiger partial charge in [0.15, 0.2) is 0 Å². The van der Waals surface area contributed by atoms with E-state index in [9.17, 15) is 22.4 Å². The van der Waals surface area contributed by atoms with Crippen molar-refractivity contribution in [1.82, 2.24) is 0 Å². The van der Waals surface area contributed by atoms with Gasteiger partial charge in [0.05, 0.1) is 0 Å². The molecule has 3 nitrogen and oxygen atoms in total. The van der Waals surface area contributed by atoms with Crippen LogP contribution in [-0.2, 0) is 14.3 Å². The topological polar surface area (TPSA) is 35.5 Å². The Morgan fingerprint density at radius 2 is 1.85 bits per heavy atom. The van der Waals surface area contributed by atoms with Gasteiger partial charge in [-0.15, -0.1) is 0 Å². The molecule has 1 aliphatic rings. The van der Waals surface area contributed by atoms with Gasteiger partial charge in [0.25, 0.3) is 0 Å². The second-order valence-electron chi connectivity index (χ2n) is 1.90. The summed E-state index contributed by atoms with van der Waals surface area (Å²) in [6.45, 7) is 0.696. The summed E-state index contributed by atoms with van der Waals surface area (Å²) >= 11 is 0. The summed E-state index contributed by atoms with van der Waals surface area (Å²) in [4.78, 5) is 9.54. The molecule has 1 atom stereocenters. The van der Waals surface area contributed by atoms with Crippen molar-refractivity contribution in [1.29, 1.82) is 0 Å². The fourth-order valence-electron chi connectivity index (χ4n) is 0.612. The van der Waals surface area contributed by atoms with Crippen LogP contribution >= 0.6 is 0 Å². The first-order valence-electron chi connectivity index (χ1n) is 2.88. The highest BCUT2D eigenvalue weighted by Crippen LogP contribution is 2.32. The third-order valence-electron chi connectivity index (χ3n) is 1.15. The summed E-state index contributed by atoms with van der Waals surface area (Å²) < 4.78 is 56.6. The molecule has 1 unspecified atom stereocenters. The van der Waals surface area contributed by atoms with Crippen molar-refractivity contribution in [2.24, 2.45) is 0 Å². The molecule has 1 radical (unpaired) electrons. The molecule has 0 fully saturated rings. The molecule has 0 aromatic heterocycles. The molecule has 0 saturated carbocycles. The van der Waals surface area contributed by atoms with Crippen LogP contribution in [0.2, 0.25) is 0 Å². The van der Waals surface area contributed by atoms with Crippen LogP contribution in [0.4, 0.5) is 17.6 Å². The van der Waals surface area contributed by atoms with Crippen LogP contribution in [0, 0.1) is 0 Å². The van der Waals surface area contributed by atoms with Gasteiger partial charge in [0.2, 0.25) is 17.5 Å². The largest absolute Gasteiger partial charge is 0.421 e. The van der Waals surface area contributed by atoms with Gasteiger partial charge in [0.1, 0.15) is 0 Å². The maximum absolute atomic E-state index is 12.5. The van der Waals surface area contributed by atoms with Gasteiger partial charge in [-0.25, -0.2) is 13.6 Å². The molecule has 1 aliphatic heterocycles. The van der Waals surface area contributed by atoms with Crippen molar-refractivity contribution in [2.45, 2.75) is 6.29 Å². The van der Waals surface area contributed by atoms with Gasteiger partial charge in [-0.1, -0.05) is 0 Å². The Morgan fingerprint density at radius 1 is 1.23 bits per heavy atom. The van der Waals surface area contributed by atoms with Gasteiger partial charge in [-0.05, 0) is 0 Å². The molecule has 71 valence electrons. The Kier molecular flexibility index (Phi) is 2.54.